The molecule has 1 aliphatic carbocycles. The standard InChI is InChI=1S/C18H26NO7PS2/c1-12(28)19-15-9-14(16(17(15)22-2)26-27(21,29)23-3)11-25-18(20)24-10-13-7-5-4-6-8-13/h4-8,14-17H,9-11H2,1-3H3,(H,19,28)(H,21,29)/t14-,15+,16+,17?,27?/m1/s1. The second kappa shape index (κ2) is 11.3. The number of nitrogens with one attached hydrogen (secondary N) is 1. The highest BCUT2D eigenvalue weighted by molar-refractivity contribution is 8.07. The number of carbonyl (C=O) groups excluding carboxylic acids is 1. The number of thiocarbonyl (C=S) groups is 1. The first kappa shape index (κ1) is 24.1. The van der Waals surface area contributed by atoms with Crippen molar-refractivity contribution in [2.45, 2.75) is 38.2 Å². The zero-order chi connectivity index (χ0) is 21.4. The van der Waals surface area contributed by atoms with Gasteiger partial charge in [0, 0.05) is 20.1 Å². The van der Waals surface area contributed by atoms with Gasteiger partial charge in [-0.15, -0.1) is 0 Å². The molecule has 1 aliphatic rings. The molecule has 0 spiro atoms. The third-order valence-electron chi connectivity index (χ3n) is 4.50. The Balaban J connectivity index is 1.99. The Labute approximate surface area is 181 Å². The number of methoxy groups -OCH3 is 1. The molecule has 0 radical (unpaired) electrons. The van der Waals surface area contributed by atoms with Gasteiger partial charge < -0.3 is 33.5 Å². The minimum absolute atomic E-state index is 0.00581. The molecule has 0 aromatic heterocycles. The molecule has 8 nitrogen and oxygen atoms in total. The van der Waals surface area contributed by atoms with Crippen LogP contribution in [0.25, 0.3) is 0 Å². The fraction of sp³-hybridized carbons (Fsp3) is 0.556. The third kappa shape index (κ3) is 7.57. The van der Waals surface area contributed by atoms with E-state index in [1.54, 1.807) is 6.92 Å². The van der Waals surface area contributed by atoms with Crippen LogP contribution in [0.15, 0.2) is 30.3 Å². The molecule has 2 rings (SSSR count). The maximum atomic E-state index is 12.0. The van der Waals surface area contributed by atoms with Crippen LogP contribution in [-0.2, 0) is 41.7 Å². The zero-order valence-electron chi connectivity index (χ0n) is 16.5. The van der Waals surface area contributed by atoms with Crippen LogP contribution in [0.5, 0.6) is 0 Å². The molecule has 5 atom stereocenters. The van der Waals surface area contributed by atoms with Crippen LogP contribution in [0, 0.1) is 5.92 Å². The lowest BCUT2D eigenvalue weighted by atomic mass is 10.1. The summed E-state index contributed by atoms with van der Waals surface area (Å²) < 4.78 is 26.5. The molecule has 162 valence electrons. The van der Waals surface area contributed by atoms with Crippen LogP contribution >= 0.6 is 18.9 Å². The minimum atomic E-state index is -3.45. The highest BCUT2D eigenvalue weighted by atomic mass is 32.5. The van der Waals surface area contributed by atoms with E-state index in [4.69, 9.17) is 47.3 Å². The Morgan fingerprint density at radius 1 is 1.24 bits per heavy atom. The lowest BCUT2D eigenvalue weighted by Crippen LogP contribution is -2.43. The maximum absolute atomic E-state index is 12.0. The van der Waals surface area contributed by atoms with Crippen LogP contribution in [-0.4, -0.2) is 55.1 Å². The number of rotatable bonds is 9. The molecule has 2 unspecified atom stereocenters. The second-order valence-electron chi connectivity index (χ2n) is 6.56. The largest absolute Gasteiger partial charge is 0.508 e. The molecule has 1 saturated carbocycles. The highest BCUT2D eigenvalue weighted by Gasteiger charge is 2.47. The fourth-order valence-corrected chi connectivity index (χ4v) is 4.37. The summed E-state index contributed by atoms with van der Waals surface area (Å²) in [5.41, 5.74) is 0.854. The van der Waals surface area contributed by atoms with Crippen LogP contribution in [0.1, 0.15) is 18.9 Å². The van der Waals surface area contributed by atoms with Gasteiger partial charge in [0.15, 0.2) is 0 Å². The molecule has 1 aromatic rings. The summed E-state index contributed by atoms with van der Waals surface area (Å²) in [6.45, 7) is -1.57. The molecule has 29 heavy (non-hydrogen) atoms. The second-order valence-corrected chi connectivity index (χ2v) is 10.1. The van der Waals surface area contributed by atoms with E-state index in [2.05, 4.69) is 5.32 Å². The first-order chi connectivity index (χ1) is 13.8. The van der Waals surface area contributed by atoms with Gasteiger partial charge in [-0.2, -0.15) is 0 Å². The van der Waals surface area contributed by atoms with Crippen molar-refractivity contribution in [3.05, 3.63) is 35.9 Å². The van der Waals surface area contributed by atoms with E-state index in [0.29, 0.717) is 11.4 Å². The number of carbonyl (C=O) groups is 1. The van der Waals surface area contributed by atoms with Gasteiger partial charge in [0.2, 0.25) is 0 Å². The molecule has 0 saturated heterocycles. The van der Waals surface area contributed by atoms with Crippen LogP contribution in [0.4, 0.5) is 4.79 Å². The molecule has 0 heterocycles. The molecule has 1 aromatic carbocycles. The summed E-state index contributed by atoms with van der Waals surface area (Å²) in [7, 11) is 2.81. The van der Waals surface area contributed by atoms with E-state index in [1.165, 1.54) is 14.2 Å². The number of hydrogen-bond acceptors (Lipinski definition) is 8. The first-order valence-corrected chi connectivity index (χ1v) is 12.0. The van der Waals surface area contributed by atoms with Crippen molar-refractivity contribution in [1.82, 2.24) is 5.32 Å². The lowest BCUT2D eigenvalue weighted by molar-refractivity contribution is -0.0250. The topological polar surface area (TPSA) is 95.5 Å². The van der Waals surface area contributed by atoms with Crippen LogP contribution in [0.2, 0.25) is 0 Å². The van der Waals surface area contributed by atoms with Gasteiger partial charge in [-0.25, -0.2) is 4.79 Å². The van der Waals surface area contributed by atoms with E-state index >= 15 is 0 Å². The van der Waals surface area contributed by atoms with E-state index in [1.807, 2.05) is 30.3 Å². The van der Waals surface area contributed by atoms with Gasteiger partial charge in [-0.3, -0.25) is 0 Å². The Bertz CT molecular complexity index is 736. The maximum Gasteiger partial charge on any atom is 0.508 e. The lowest BCUT2D eigenvalue weighted by Gasteiger charge is -2.28. The Morgan fingerprint density at radius 2 is 1.93 bits per heavy atom. The summed E-state index contributed by atoms with van der Waals surface area (Å²) in [6.07, 6.45) is -1.38. The van der Waals surface area contributed by atoms with E-state index in [-0.39, 0.29) is 25.2 Å². The summed E-state index contributed by atoms with van der Waals surface area (Å²) in [5, 5.41) is 3.15. The number of ether oxygens (including phenoxy) is 3. The van der Waals surface area contributed by atoms with Crippen molar-refractivity contribution in [3.8, 4) is 0 Å². The van der Waals surface area contributed by atoms with Crippen molar-refractivity contribution in [2.24, 2.45) is 5.92 Å². The Kier molecular flexibility index (Phi) is 9.42. The monoisotopic (exact) mass is 463 g/mol. The predicted octanol–water partition coefficient (Wildman–Crippen LogP) is 2.93. The van der Waals surface area contributed by atoms with E-state index in [9.17, 15) is 9.69 Å². The normalized spacial score (nSPS) is 25.8. The van der Waals surface area contributed by atoms with Gasteiger partial charge in [0.05, 0.1) is 11.0 Å². The molecule has 0 aliphatic heterocycles. The minimum Gasteiger partial charge on any atom is -0.434 e. The average molecular weight is 464 g/mol. The van der Waals surface area contributed by atoms with Gasteiger partial charge >= 0.3 is 12.9 Å². The molecule has 2 N–H and O–H groups in total. The van der Waals surface area contributed by atoms with Gasteiger partial charge in [0.1, 0.15) is 25.4 Å². The van der Waals surface area contributed by atoms with Crippen molar-refractivity contribution in [2.75, 3.05) is 20.8 Å². The number of hydrogen-bond donors (Lipinski definition) is 2. The Hall–Kier alpha value is -1.13. The van der Waals surface area contributed by atoms with Gasteiger partial charge in [-0.05, 0) is 30.7 Å². The van der Waals surface area contributed by atoms with Gasteiger partial charge in [0.25, 0.3) is 0 Å². The van der Waals surface area contributed by atoms with E-state index < -0.39 is 25.1 Å². The molecule has 11 heteroatoms. The SMILES string of the molecule is COC1[C@@H](NC(C)=S)C[C@H](COC(=O)OCc2ccccc2)[C@@H]1OP(O)(=S)OC. The van der Waals surface area contributed by atoms with Gasteiger partial charge in [-0.1, -0.05) is 42.5 Å². The Morgan fingerprint density at radius 3 is 2.52 bits per heavy atom. The zero-order valence-corrected chi connectivity index (χ0v) is 19.0. The quantitative estimate of drug-likeness (QED) is 0.323. The van der Waals surface area contributed by atoms with Crippen molar-refractivity contribution >= 4 is 41.9 Å². The van der Waals surface area contributed by atoms with Crippen LogP contribution < -0.4 is 5.32 Å². The molecule has 0 amide bonds. The van der Waals surface area contributed by atoms with Crippen molar-refractivity contribution in [1.29, 1.82) is 0 Å². The van der Waals surface area contributed by atoms with Crippen molar-refractivity contribution in [3.63, 3.8) is 0 Å². The summed E-state index contributed by atoms with van der Waals surface area (Å²) in [5.74, 6) is -0.305. The number of benzene rings is 1. The summed E-state index contributed by atoms with van der Waals surface area (Å²) in [4.78, 5) is 22.7. The fourth-order valence-electron chi connectivity index (χ4n) is 3.23. The summed E-state index contributed by atoms with van der Waals surface area (Å²) in [6, 6.07) is 9.10. The van der Waals surface area contributed by atoms with Crippen molar-refractivity contribution < 1.29 is 32.9 Å². The third-order valence-corrected chi connectivity index (χ3v) is 6.30. The highest BCUT2D eigenvalue weighted by Crippen LogP contribution is 2.48. The van der Waals surface area contributed by atoms with E-state index in [0.717, 1.165) is 5.56 Å². The van der Waals surface area contributed by atoms with Crippen LogP contribution in [0.3, 0.4) is 0 Å². The smallest absolute Gasteiger partial charge is 0.434 e. The summed E-state index contributed by atoms with van der Waals surface area (Å²) >= 11 is 10.1. The predicted molar refractivity (Wildman–Crippen MR) is 115 cm³/mol. The average Bonchev–Trinajstić information content (AvgIpc) is 3.00. The molecular formula is C18H26NO7PS2. The molecule has 1 fully saturated rings. The first-order valence-electron chi connectivity index (χ1n) is 8.96. The molecule has 0 bridgehead atoms. The molecular weight excluding hydrogens is 437 g/mol.